The lowest BCUT2D eigenvalue weighted by atomic mass is 9.96. The minimum absolute atomic E-state index is 0. The lowest BCUT2D eigenvalue weighted by Crippen LogP contribution is -2.21. The molecule has 2 atom stereocenters. The number of hydrogen-bond donors (Lipinski definition) is 3. The number of nitrogens with zero attached hydrogens (tertiary/aromatic N) is 5. The van der Waals surface area contributed by atoms with Crippen LogP contribution in [0, 0.1) is 0 Å². The highest BCUT2D eigenvalue weighted by molar-refractivity contribution is 7.59. The van der Waals surface area contributed by atoms with Gasteiger partial charge in [-0.2, -0.15) is 13.5 Å². The second kappa shape index (κ2) is 11.5. The van der Waals surface area contributed by atoms with Crippen LogP contribution in [0.1, 0.15) is 35.2 Å². The first-order chi connectivity index (χ1) is 17.5. The average molecular weight is 518 g/mol. The van der Waals surface area contributed by atoms with Crippen molar-refractivity contribution in [3.8, 4) is 11.3 Å². The van der Waals surface area contributed by atoms with Crippen molar-refractivity contribution in [2.45, 2.75) is 25.4 Å². The zero-order valence-electron chi connectivity index (χ0n) is 20.8. The Bertz CT molecular complexity index is 1380. The Balaban J connectivity index is 0.00000320. The van der Waals surface area contributed by atoms with Crippen LogP contribution in [0.5, 0.6) is 0 Å². The maximum absolute atomic E-state index is 12.3. The Morgan fingerprint density at radius 3 is 2.76 bits per heavy atom. The molecular weight excluding hydrogens is 486 g/mol. The Hall–Kier alpha value is -3.76. The predicted molar refractivity (Wildman–Crippen MR) is 151 cm³/mol. The summed E-state index contributed by atoms with van der Waals surface area (Å²) in [7, 11) is 1.63. The van der Waals surface area contributed by atoms with Crippen LogP contribution in [0.3, 0.4) is 0 Å². The number of fused-ring (bicyclic) bond motifs is 1. The highest BCUT2D eigenvalue weighted by atomic mass is 32.1. The van der Waals surface area contributed by atoms with Gasteiger partial charge in [0.15, 0.2) is 0 Å². The number of rotatable bonds is 7. The standard InChI is InChI=1S/C27H29N7O2.H2S/c1-17(20-4-3-5-21-22(27(36)28-2)8-10-29-26(20)21)13-30-24-12-23(32-16-33-24)18-6-7-25(31-14-18)34-11-9-19(35)15-34;/h3-8,10,12,14,16-17,19,35H,9,11,13,15H2,1-2H3,(H,28,36)(H,30,32,33);1H2/t17-,19-;/m1./s1. The van der Waals surface area contributed by atoms with Gasteiger partial charge in [0.1, 0.15) is 18.0 Å². The summed E-state index contributed by atoms with van der Waals surface area (Å²) in [6, 6.07) is 13.6. The summed E-state index contributed by atoms with van der Waals surface area (Å²) in [5, 5.41) is 16.7. The molecule has 9 nitrogen and oxygen atoms in total. The number of para-hydroxylation sites is 1. The summed E-state index contributed by atoms with van der Waals surface area (Å²) in [6.45, 7) is 4.18. The van der Waals surface area contributed by atoms with Gasteiger partial charge in [0.05, 0.1) is 22.9 Å². The molecule has 5 rings (SSSR count). The molecule has 0 spiro atoms. The Morgan fingerprint density at radius 1 is 1.16 bits per heavy atom. The van der Waals surface area contributed by atoms with Crippen molar-refractivity contribution in [3.05, 3.63) is 72.3 Å². The van der Waals surface area contributed by atoms with Crippen LogP contribution in [0.2, 0.25) is 0 Å². The van der Waals surface area contributed by atoms with Crippen molar-refractivity contribution < 1.29 is 9.90 Å². The Labute approximate surface area is 222 Å². The van der Waals surface area contributed by atoms with Gasteiger partial charge in [0.2, 0.25) is 0 Å². The van der Waals surface area contributed by atoms with Gasteiger partial charge < -0.3 is 20.6 Å². The number of amides is 1. The SMILES string of the molecule is CNC(=O)c1ccnc2c([C@H](C)CNc3cc(-c4ccc(N5CC[C@@H](O)C5)nc4)ncn3)cccc12.S. The van der Waals surface area contributed by atoms with Gasteiger partial charge in [0, 0.05) is 62.0 Å². The summed E-state index contributed by atoms with van der Waals surface area (Å²) in [5.41, 5.74) is 4.19. The van der Waals surface area contributed by atoms with Crippen LogP contribution in [-0.4, -0.2) is 63.7 Å². The molecular formula is C27H31N7O2S. The third-order valence-corrected chi connectivity index (χ3v) is 6.59. The summed E-state index contributed by atoms with van der Waals surface area (Å²) in [4.78, 5) is 32.3. The minimum atomic E-state index is -0.285. The monoisotopic (exact) mass is 517 g/mol. The molecule has 1 aliphatic rings. The molecule has 0 aliphatic carbocycles. The predicted octanol–water partition coefficient (Wildman–Crippen LogP) is 3.35. The van der Waals surface area contributed by atoms with Crippen molar-refractivity contribution >= 4 is 41.9 Å². The van der Waals surface area contributed by atoms with Crippen molar-refractivity contribution in [1.29, 1.82) is 0 Å². The van der Waals surface area contributed by atoms with E-state index in [-0.39, 0.29) is 31.4 Å². The van der Waals surface area contributed by atoms with E-state index in [1.54, 1.807) is 31.8 Å². The molecule has 1 amide bonds. The van der Waals surface area contributed by atoms with Gasteiger partial charge in [-0.25, -0.2) is 15.0 Å². The molecule has 3 N–H and O–H groups in total. The zero-order valence-corrected chi connectivity index (χ0v) is 21.8. The summed E-state index contributed by atoms with van der Waals surface area (Å²) in [5.74, 6) is 1.58. The molecule has 1 aromatic carbocycles. The average Bonchev–Trinajstić information content (AvgIpc) is 3.37. The molecule has 1 aliphatic heterocycles. The normalized spacial score (nSPS) is 15.8. The molecule has 3 aromatic heterocycles. The molecule has 0 saturated carbocycles. The van der Waals surface area contributed by atoms with E-state index in [2.05, 4.69) is 42.4 Å². The maximum Gasteiger partial charge on any atom is 0.251 e. The lowest BCUT2D eigenvalue weighted by Gasteiger charge is -2.17. The number of hydrogen-bond acceptors (Lipinski definition) is 8. The van der Waals surface area contributed by atoms with Gasteiger partial charge >= 0.3 is 0 Å². The topological polar surface area (TPSA) is 116 Å². The van der Waals surface area contributed by atoms with Crippen molar-refractivity contribution in [2.75, 3.05) is 36.9 Å². The van der Waals surface area contributed by atoms with Crippen LogP contribution >= 0.6 is 13.5 Å². The van der Waals surface area contributed by atoms with Crippen molar-refractivity contribution in [1.82, 2.24) is 25.3 Å². The number of carbonyl (C=O) groups excluding carboxylic acids is 1. The molecule has 10 heteroatoms. The first-order valence-corrected chi connectivity index (χ1v) is 12.1. The summed E-state index contributed by atoms with van der Waals surface area (Å²) >= 11 is 0. The molecule has 4 heterocycles. The number of β-amino-alcohol motifs (C(OH)–C–C–N with tert-alkyl or cyclic N) is 1. The van der Waals surface area contributed by atoms with Gasteiger partial charge in [-0.15, -0.1) is 0 Å². The van der Waals surface area contributed by atoms with Crippen molar-refractivity contribution in [2.24, 2.45) is 0 Å². The third-order valence-electron chi connectivity index (χ3n) is 6.59. The number of aromatic nitrogens is 4. The highest BCUT2D eigenvalue weighted by Gasteiger charge is 2.21. The second-order valence-corrected chi connectivity index (χ2v) is 9.05. The maximum atomic E-state index is 12.3. The first kappa shape index (κ1) is 26.3. The molecule has 4 aromatic rings. The van der Waals surface area contributed by atoms with Crippen LogP contribution < -0.4 is 15.5 Å². The first-order valence-electron chi connectivity index (χ1n) is 12.1. The van der Waals surface area contributed by atoms with E-state index in [1.165, 1.54) is 0 Å². The van der Waals surface area contributed by atoms with Gasteiger partial charge in [0.25, 0.3) is 5.91 Å². The van der Waals surface area contributed by atoms with E-state index in [1.807, 2.05) is 36.4 Å². The van der Waals surface area contributed by atoms with E-state index in [0.29, 0.717) is 18.7 Å². The van der Waals surface area contributed by atoms with Gasteiger partial charge in [-0.05, 0) is 30.2 Å². The second-order valence-electron chi connectivity index (χ2n) is 9.05. The molecule has 37 heavy (non-hydrogen) atoms. The van der Waals surface area contributed by atoms with E-state index < -0.39 is 0 Å². The fourth-order valence-electron chi connectivity index (χ4n) is 4.58. The number of benzene rings is 1. The quantitative estimate of drug-likeness (QED) is 0.342. The van der Waals surface area contributed by atoms with E-state index >= 15 is 0 Å². The largest absolute Gasteiger partial charge is 0.391 e. The van der Waals surface area contributed by atoms with E-state index in [0.717, 1.165) is 52.3 Å². The summed E-state index contributed by atoms with van der Waals surface area (Å²) in [6.07, 6.45) is 5.51. The van der Waals surface area contributed by atoms with E-state index in [4.69, 9.17) is 0 Å². The smallest absolute Gasteiger partial charge is 0.251 e. The van der Waals surface area contributed by atoms with Crippen LogP contribution in [0.4, 0.5) is 11.6 Å². The van der Waals surface area contributed by atoms with Crippen LogP contribution in [-0.2, 0) is 0 Å². The fraction of sp³-hybridized carbons (Fsp3) is 0.296. The molecule has 1 saturated heterocycles. The van der Waals surface area contributed by atoms with Crippen LogP contribution in [0.15, 0.2) is 61.2 Å². The molecule has 0 bridgehead atoms. The number of carbonyl (C=O) groups is 1. The third kappa shape index (κ3) is 5.65. The molecule has 192 valence electrons. The van der Waals surface area contributed by atoms with Crippen LogP contribution in [0.25, 0.3) is 22.2 Å². The molecule has 0 radical (unpaired) electrons. The molecule has 0 unspecified atom stereocenters. The number of nitrogens with one attached hydrogen (secondary N) is 2. The highest BCUT2D eigenvalue weighted by Crippen LogP contribution is 2.27. The Kier molecular flexibility index (Phi) is 8.20. The van der Waals surface area contributed by atoms with Gasteiger partial charge in [-0.1, -0.05) is 25.1 Å². The van der Waals surface area contributed by atoms with Crippen molar-refractivity contribution in [3.63, 3.8) is 0 Å². The number of aliphatic hydroxyl groups excluding tert-OH is 1. The Morgan fingerprint density at radius 2 is 2.03 bits per heavy atom. The number of aliphatic hydroxyl groups is 1. The molecule has 1 fully saturated rings. The van der Waals surface area contributed by atoms with Gasteiger partial charge in [-0.3, -0.25) is 9.78 Å². The number of pyridine rings is 2. The fourth-order valence-corrected chi connectivity index (χ4v) is 4.58. The zero-order chi connectivity index (χ0) is 25.1. The lowest BCUT2D eigenvalue weighted by molar-refractivity contribution is 0.0964. The minimum Gasteiger partial charge on any atom is -0.391 e. The van der Waals surface area contributed by atoms with E-state index in [9.17, 15) is 9.90 Å². The summed E-state index contributed by atoms with van der Waals surface area (Å²) < 4.78 is 0. The number of anilines is 2.